The third-order valence-corrected chi connectivity index (χ3v) is 3.13. The summed E-state index contributed by atoms with van der Waals surface area (Å²) in [5, 5.41) is 8.11. The second-order valence-corrected chi connectivity index (χ2v) is 5.13. The van der Waals surface area contributed by atoms with Crippen LogP contribution >= 0.6 is 34.2 Å². The van der Waals surface area contributed by atoms with Gasteiger partial charge in [-0.05, 0) is 41.3 Å². The van der Waals surface area contributed by atoms with Crippen LogP contribution in [0.5, 0.6) is 0 Å². The molecule has 0 radical (unpaired) electrons. The van der Waals surface area contributed by atoms with E-state index in [0.717, 1.165) is 21.6 Å². The van der Waals surface area contributed by atoms with Crippen LogP contribution in [0.1, 0.15) is 12.6 Å². The average molecular weight is 363 g/mol. The van der Waals surface area contributed by atoms with Crippen LogP contribution in [-0.2, 0) is 6.54 Å². The lowest BCUT2D eigenvalue weighted by Gasteiger charge is -2.07. The van der Waals surface area contributed by atoms with Crippen molar-refractivity contribution in [2.75, 3.05) is 6.54 Å². The Hall–Kier alpha value is -0.660. The molecule has 0 amide bonds. The summed E-state index contributed by atoms with van der Waals surface area (Å²) in [6, 6.07) is 3.71. The molecular weight excluding hydrogens is 351 g/mol. The van der Waals surface area contributed by atoms with Crippen molar-refractivity contribution in [1.29, 1.82) is 0 Å². The third kappa shape index (κ3) is 3.17. The van der Waals surface area contributed by atoms with Crippen LogP contribution < -0.4 is 5.32 Å². The molecule has 0 bridgehead atoms. The molecule has 1 N–H and O–H groups in total. The number of pyridine rings is 1. The number of rotatable bonds is 4. The van der Waals surface area contributed by atoms with Crippen molar-refractivity contribution in [3.8, 4) is 5.82 Å². The molecule has 0 unspecified atom stereocenters. The SMILES string of the molecule is CCNCc1nc(-n2cc(I)cn2)ccc1Cl. The number of hydrogen-bond acceptors (Lipinski definition) is 3. The smallest absolute Gasteiger partial charge is 0.153 e. The van der Waals surface area contributed by atoms with Crippen LogP contribution in [0.25, 0.3) is 5.82 Å². The number of halogens is 2. The highest BCUT2D eigenvalue weighted by atomic mass is 127. The Kier molecular flexibility index (Phi) is 4.36. The van der Waals surface area contributed by atoms with E-state index in [2.05, 4.69) is 38.0 Å². The lowest BCUT2D eigenvalue weighted by Crippen LogP contribution is -2.14. The van der Waals surface area contributed by atoms with E-state index in [1.54, 1.807) is 10.9 Å². The Labute approximate surface area is 119 Å². The Bertz CT molecular complexity index is 512. The first kappa shape index (κ1) is 12.8. The molecule has 0 saturated carbocycles. The molecule has 0 spiro atoms. The predicted molar refractivity (Wildman–Crippen MR) is 76.5 cm³/mol. The lowest BCUT2D eigenvalue weighted by molar-refractivity contribution is 0.704. The molecule has 0 atom stereocenters. The van der Waals surface area contributed by atoms with Gasteiger partial charge in [0.15, 0.2) is 5.82 Å². The maximum Gasteiger partial charge on any atom is 0.153 e. The number of nitrogens with zero attached hydrogens (tertiary/aromatic N) is 3. The molecule has 0 aliphatic carbocycles. The molecule has 6 heteroatoms. The highest BCUT2D eigenvalue weighted by Gasteiger charge is 2.06. The zero-order chi connectivity index (χ0) is 12.3. The molecule has 2 heterocycles. The minimum absolute atomic E-state index is 0.668. The van der Waals surface area contributed by atoms with Gasteiger partial charge in [0.25, 0.3) is 0 Å². The first-order chi connectivity index (χ1) is 8.20. The second kappa shape index (κ2) is 5.79. The fourth-order valence-electron chi connectivity index (χ4n) is 1.39. The van der Waals surface area contributed by atoms with E-state index in [0.29, 0.717) is 11.6 Å². The van der Waals surface area contributed by atoms with Crippen molar-refractivity contribution in [1.82, 2.24) is 20.1 Å². The summed E-state index contributed by atoms with van der Waals surface area (Å²) in [6.45, 7) is 3.61. The van der Waals surface area contributed by atoms with Gasteiger partial charge in [0.2, 0.25) is 0 Å². The van der Waals surface area contributed by atoms with E-state index >= 15 is 0 Å². The zero-order valence-electron chi connectivity index (χ0n) is 9.32. The topological polar surface area (TPSA) is 42.7 Å². The molecule has 4 nitrogen and oxygen atoms in total. The second-order valence-electron chi connectivity index (χ2n) is 3.48. The fraction of sp³-hybridized carbons (Fsp3) is 0.273. The van der Waals surface area contributed by atoms with Crippen LogP contribution in [0, 0.1) is 3.57 Å². The highest BCUT2D eigenvalue weighted by molar-refractivity contribution is 14.1. The molecule has 17 heavy (non-hydrogen) atoms. The fourth-order valence-corrected chi connectivity index (χ4v) is 1.95. The van der Waals surface area contributed by atoms with E-state index in [1.165, 1.54) is 0 Å². The summed E-state index contributed by atoms with van der Waals surface area (Å²) in [7, 11) is 0. The Morgan fingerprint density at radius 2 is 2.29 bits per heavy atom. The van der Waals surface area contributed by atoms with Crippen molar-refractivity contribution in [2.45, 2.75) is 13.5 Å². The Morgan fingerprint density at radius 1 is 1.47 bits per heavy atom. The van der Waals surface area contributed by atoms with Gasteiger partial charge < -0.3 is 5.32 Å². The predicted octanol–water partition coefficient (Wildman–Crippen LogP) is 2.63. The van der Waals surface area contributed by atoms with Gasteiger partial charge >= 0.3 is 0 Å². The van der Waals surface area contributed by atoms with Gasteiger partial charge in [-0.3, -0.25) is 0 Å². The monoisotopic (exact) mass is 362 g/mol. The minimum Gasteiger partial charge on any atom is -0.311 e. The minimum atomic E-state index is 0.668. The average Bonchev–Trinajstić information content (AvgIpc) is 2.75. The molecule has 90 valence electrons. The molecule has 0 aliphatic heterocycles. The van der Waals surface area contributed by atoms with E-state index in [1.807, 2.05) is 25.3 Å². The molecule has 0 aromatic carbocycles. The van der Waals surface area contributed by atoms with Gasteiger partial charge in [-0.2, -0.15) is 5.10 Å². The van der Waals surface area contributed by atoms with Crippen molar-refractivity contribution in [3.63, 3.8) is 0 Å². The third-order valence-electron chi connectivity index (χ3n) is 2.23. The van der Waals surface area contributed by atoms with Crippen LogP contribution in [0.4, 0.5) is 0 Å². The molecule has 2 aromatic rings. The molecule has 0 aliphatic rings. The van der Waals surface area contributed by atoms with Crippen LogP contribution in [0.15, 0.2) is 24.5 Å². The normalized spacial score (nSPS) is 10.8. The number of nitrogens with one attached hydrogen (secondary N) is 1. The van der Waals surface area contributed by atoms with Crippen molar-refractivity contribution < 1.29 is 0 Å². The van der Waals surface area contributed by atoms with E-state index in [4.69, 9.17) is 11.6 Å². The lowest BCUT2D eigenvalue weighted by atomic mass is 10.3. The van der Waals surface area contributed by atoms with Gasteiger partial charge in [0.1, 0.15) is 0 Å². The molecule has 2 aromatic heterocycles. The van der Waals surface area contributed by atoms with Gasteiger partial charge in [0, 0.05) is 12.7 Å². The number of hydrogen-bond donors (Lipinski definition) is 1. The van der Waals surface area contributed by atoms with Gasteiger partial charge in [-0.25, -0.2) is 9.67 Å². The molecule has 2 rings (SSSR count). The summed E-state index contributed by atoms with van der Waals surface area (Å²) in [5.74, 6) is 0.783. The maximum atomic E-state index is 6.09. The van der Waals surface area contributed by atoms with E-state index in [9.17, 15) is 0 Å². The summed E-state index contributed by atoms with van der Waals surface area (Å²) >= 11 is 8.31. The van der Waals surface area contributed by atoms with Crippen LogP contribution in [-0.4, -0.2) is 21.3 Å². The van der Waals surface area contributed by atoms with E-state index in [-0.39, 0.29) is 0 Å². The summed E-state index contributed by atoms with van der Waals surface area (Å²) < 4.78 is 2.82. The standard InChI is InChI=1S/C11H12ClIN4/c1-2-14-6-10-9(12)3-4-11(16-10)17-7-8(13)5-15-17/h3-5,7,14H,2,6H2,1H3. The molecule has 0 fully saturated rings. The largest absolute Gasteiger partial charge is 0.311 e. The van der Waals surface area contributed by atoms with Gasteiger partial charge in [0.05, 0.1) is 20.5 Å². The summed E-state index contributed by atoms with van der Waals surface area (Å²) in [4.78, 5) is 4.50. The van der Waals surface area contributed by atoms with Crippen LogP contribution in [0.3, 0.4) is 0 Å². The Morgan fingerprint density at radius 3 is 2.94 bits per heavy atom. The molecular formula is C11H12ClIN4. The van der Waals surface area contributed by atoms with Gasteiger partial charge in [-0.1, -0.05) is 18.5 Å². The van der Waals surface area contributed by atoms with Crippen LogP contribution in [0.2, 0.25) is 5.02 Å². The zero-order valence-corrected chi connectivity index (χ0v) is 12.2. The first-order valence-electron chi connectivity index (χ1n) is 5.27. The Balaban J connectivity index is 2.30. The van der Waals surface area contributed by atoms with Crippen molar-refractivity contribution in [2.24, 2.45) is 0 Å². The quantitative estimate of drug-likeness (QED) is 0.850. The summed E-state index contributed by atoms with van der Waals surface area (Å²) in [6.07, 6.45) is 3.72. The van der Waals surface area contributed by atoms with Gasteiger partial charge in [-0.15, -0.1) is 0 Å². The summed E-state index contributed by atoms with van der Waals surface area (Å²) in [5.41, 5.74) is 0.844. The van der Waals surface area contributed by atoms with E-state index < -0.39 is 0 Å². The first-order valence-corrected chi connectivity index (χ1v) is 6.73. The molecule has 0 saturated heterocycles. The van der Waals surface area contributed by atoms with Crippen molar-refractivity contribution in [3.05, 3.63) is 38.8 Å². The maximum absolute atomic E-state index is 6.09. The highest BCUT2D eigenvalue weighted by Crippen LogP contribution is 2.16. The number of aromatic nitrogens is 3. The van der Waals surface area contributed by atoms with Crippen molar-refractivity contribution >= 4 is 34.2 Å².